The van der Waals surface area contributed by atoms with E-state index < -0.39 is 0 Å². The predicted octanol–water partition coefficient (Wildman–Crippen LogP) is 4.18. The first kappa shape index (κ1) is 20.4. The summed E-state index contributed by atoms with van der Waals surface area (Å²) in [5.74, 6) is 0.137. The van der Waals surface area contributed by atoms with Gasteiger partial charge in [-0.05, 0) is 49.7 Å². The predicted molar refractivity (Wildman–Crippen MR) is 111 cm³/mol. The molecule has 1 heterocycles. The molecular formula is C22H23FN4O2. The minimum absolute atomic E-state index is 0.122. The van der Waals surface area contributed by atoms with Crippen LogP contribution >= 0.6 is 0 Å². The maximum Gasteiger partial charge on any atom is 0.251 e. The Morgan fingerprint density at radius 1 is 1.10 bits per heavy atom. The van der Waals surface area contributed by atoms with Crippen LogP contribution in [0, 0.1) is 5.82 Å². The normalized spacial score (nSPS) is 10.6. The lowest BCUT2D eigenvalue weighted by Gasteiger charge is -2.09. The number of hydrogen-bond donors (Lipinski definition) is 2. The van der Waals surface area contributed by atoms with Crippen molar-refractivity contribution in [2.45, 2.75) is 13.3 Å². The summed E-state index contributed by atoms with van der Waals surface area (Å²) >= 11 is 0. The van der Waals surface area contributed by atoms with Gasteiger partial charge >= 0.3 is 0 Å². The lowest BCUT2D eigenvalue weighted by atomic mass is 10.1. The highest BCUT2D eigenvalue weighted by molar-refractivity contribution is 5.94. The van der Waals surface area contributed by atoms with Gasteiger partial charge in [0.2, 0.25) is 0 Å². The number of halogens is 1. The number of aromatic nitrogens is 2. The highest BCUT2D eigenvalue weighted by Crippen LogP contribution is 2.22. The Labute approximate surface area is 169 Å². The van der Waals surface area contributed by atoms with Crippen molar-refractivity contribution in [1.82, 2.24) is 15.3 Å². The van der Waals surface area contributed by atoms with Crippen LogP contribution in [0.3, 0.4) is 0 Å². The molecule has 0 spiro atoms. The lowest BCUT2D eigenvalue weighted by Crippen LogP contribution is -2.25. The molecule has 3 rings (SSSR count). The third-order valence-electron chi connectivity index (χ3n) is 4.16. The molecule has 150 valence electrons. The van der Waals surface area contributed by atoms with E-state index in [2.05, 4.69) is 20.6 Å². The molecule has 6 nitrogen and oxygen atoms in total. The van der Waals surface area contributed by atoms with Gasteiger partial charge in [0.05, 0.1) is 5.69 Å². The van der Waals surface area contributed by atoms with E-state index >= 15 is 0 Å². The van der Waals surface area contributed by atoms with Crippen LogP contribution in [0.15, 0.2) is 60.9 Å². The molecule has 1 amide bonds. The van der Waals surface area contributed by atoms with Crippen molar-refractivity contribution < 1.29 is 13.9 Å². The summed E-state index contributed by atoms with van der Waals surface area (Å²) in [6.45, 7) is 3.83. The van der Waals surface area contributed by atoms with Crippen LogP contribution in [0.1, 0.15) is 23.7 Å². The summed E-state index contributed by atoms with van der Waals surface area (Å²) in [6.07, 6.45) is 2.20. The smallest absolute Gasteiger partial charge is 0.251 e. The highest BCUT2D eigenvalue weighted by atomic mass is 19.1. The molecule has 0 aliphatic carbocycles. The Hall–Kier alpha value is -3.32. The number of hydrogen-bond acceptors (Lipinski definition) is 5. The number of benzene rings is 2. The fourth-order valence-corrected chi connectivity index (χ4v) is 2.71. The zero-order chi connectivity index (χ0) is 20.5. The zero-order valence-corrected chi connectivity index (χ0v) is 16.2. The van der Waals surface area contributed by atoms with Crippen molar-refractivity contribution in [2.75, 3.05) is 25.1 Å². The van der Waals surface area contributed by atoms with Crippen LogP contribution in [-0.4, -0.2) is 35.6 Å². The molecule has 0 aliphatic rings. The van der Waals surface area contributed by atoms with Crippen molar-refractivity contribution in [1.29, 1.82) is 0 Å². The summed E-state index contributed by atoms with van der Waals surface area (Å²) in [4.78, 5) is 20.5. The number of carbonyl (C=O) groups is 1. The maximum atomic E-state index is 13.4. The van der Waals surface area contributed by atoms with Gasteiger partial charge in [0.1, 0.15) is 18.0 Å². The summed E-state index contributed by atoms with van der Waals surface area (Å²) < 4.78 is 18.7. The van der Waals surface area contributed by atoms with Gasteiger partial charge in [-0.15, -0.1) is 0 Å². The minimum Gasteiger partial charge on any atom is -0.382 e. The van der Waals surface area contributed by atoms with Crippen LogP contribution < -0.4 is 10.6 Å². The van der Waals surface area contributed by atoms with Gasteiger partial charge in [-0.25, -0.2) is 14.4 Å². The molecule has 0 atom stereocenters. The van der Waals surface area contributed by atoms with Crippen LogP contribution in [0.2, 0.25) is 0 Å². The molecule has 2 N–H and O–H groups in total. The standard InChI is InChI=1S/C22H23FN4O2/c1-2-29-12-4-11-24-22(28)16-7-9-19(10-8-16)27-21-14-20(25-15-26-21)17-5-3-6-18(23)13-17/h3,5-10,13-15H,2,4,11-12H2,1H3,(H,24,28)(H,25,26,27). The summed E-state index contributed by atoms with van der Waals surface area (Å²) in [7, 11) is 0. The first-order valence-electron chi connectivity index (χ1n) is 9.46. The topological polar surface area (TPSA) is 76.1 Å². The van der Waals surface area contributed by atoms with Crippen LogP contribution in [0.4, 0.5) is 15.9 Å². The van der Waals surface area contributed by atoms with Gasteiger partial charge in [-0.1, -0.05) is 12.1 Å². The number of amides is 1. The first-order valence-corrected chi connectivity index (χ1v) is 9.46. The molecule has 0 fully saturated rings. The quantitative estimate of drug-likeness (QED) is 0.533. The van der Waals surface area contributed by atoms with E-state index in [9.17, 15) is 9.18 Å². The van der Waals surface area contributed by atoms with Gasteiger partial charge in [0.25, 0.3) is 5.91 Å². The molecule has 0 radical (unpaired) electrons. The zero-order valence-electron chi connectivity index (χ0n) is 16.2. The Balaban J connectivity index is 1.60. The van der Waals surface area contributed by atoms with Crippen LogP contribution in [-0.2, 0) is 4.74 Å². The minimum atomic E-state index is -0.317. The number of rotatable bonds is 9. The maximum absolute atomic E-state index is 13.4. The second-order valence-corrected chi connectivity index (χ2v) is 6.31. The fourth-order valence-electron chi connectivity index (χ4n) is 2.71. The molecule has 1 aromatic heterocycles. The van der Waals surface area contributed by atoms with Gasteiger partial charge < -0.3 is 15.4 Å². The molecule has 3 aromatic rings. The third-order valence-corrected chi connectivity index (χ3v) is 4.16. The summed E-state index contributed by atoms with van der Waals surface area (Å²) in [5.41, 5.74) is 2.65. The van der Waals surface area contributed by atoms with E-state index in [-0.39, 0.29) is 11.7 Å². The molecular weight excluding hydrogens is 371 g/mol. The number of anilines is 2. The molecule has 29 heavy (non-hydrogen) atoms. The first-order chi connectivity index (χ1) is 14.2. The monoisotopic (exact) mass is 394 g/mol. The van der Waals surface area contributed by atoms with E-state index in [1.807, 2.05) is 6.92 Å². The van der Waals surface area contributed by atoms with Gasteiger partial charge in [-0.2, -0.15) is 0 Å². The van der Waals surface area contributed by atoms with Gasteiger partial charge in [0.15, 0.2) is 0 Å². The van der Waals surface area contributed by atoms with Crippen LogP contribution in [0.25, 0.3) is 11.3 Å². The molecule has 0 saturated heterocycles. The Morgan fingerprint density at radius 3 is 2.69 bits per heavy atom. The Kier molecular flexibility index (Phi) is 7.24. The molecule has 0 bridgehead atoms. The highest BCUT2D eigenvalue weighted by Gasteiger charge is 2.06. The van der Waals surface area contributed by atoms with Crippen molar-refractivity contribution >= 4 is 17.4 Å². The lowest BCUT2D eigenvalue weighted by molar-refractivity contribution is 0.0944. The average Bonchev–Trinajstić information content (AvgIpc) is 2.74. The summed E-state index contributed by atoms with van der Waals surface area (Å²) in [6, 6.07) is 15.1. The largest absolute Gasteiger partial charge is 0.382 e. The van der Waals surface area contributed by atoms with Crippen molar-refractivity contribution in [2.24, 2.45) is 0 Å². The SMILES string of the molecule is CCOCCCNC(=O)c1ccc(Nc2cc(-c3cccc(F)c3)ncn2)cc1. The number of nitrogens with zero attached hydrogens (tertiary/aromatic N) is 2. The van der Waals surface area contributed by atoms with E-state index in [1.165, 1.54) is 18.5 Å². The molecule has 0 saturated carbocycles. The van der Waals surface area contributed by atoms with E-state index in [4.69, 9.17) is 4.74 Å². The third kappa shape index (κ3) is 6.08. The van der Waals surface area contributed by atoms with Gasteiger partial charge in [0, 0.05) is 42.6 Å². The Bertz CT molecular complexity index is 948. The Morgan fingerprint density at radius 2 is 1.93 bits per heavy atom. The number of ether oxygens (including phenoxy) is 1. The molecule has 0 unspecified atom stereocenters. The fraction of sp³-hybridized carbons (Fsp3) is 0.227. The van der Waals surface area contributed by atoms with Crippen LogP contribution in [0.5, 0.6) is 0 Å². The van der Waals surface area contributed by atoms with E-state index in [0.717, 1.165) is 12.1 Å². The number of nitrogens with one attached hydrogen (secondary N) is 2. The summed E-state index contributed by atoms with van der Waals surface area (Å²) in [5, 5.41) is 6.03. The van der Waals surface area contributed by atoms with Crippen molar-refractivity contribution in [3.63, 3.8) is 0 Å². The van der Waals surface area contributed by atoms with Crippen molar-refractivity contribution in [3.8, 4) is 11.3 Å². The second-order valence-electron chi connectivity index (χ2n) is 6.31. The molecule has 2 aromatic carbocycles. The number of carbonyl (C=O) groups excluding carboxylic acids is 1. The van der Waals surface area contributed by atoms with E-state index in [0.29, 0.717) is 42.4 Å². The van der Waals surface area contributed by atoms with Gasteiger partial charge in [-0.3, -0.25) is 4.79 Å². The van der Waals surface area contributed by atoms with E-state index in [1.54, 1.807) is 42.5 Å². The van der Waals surface area contributed by atoms with Crippen molar-refractivity contribution in [3.05, 3.63) is 72.3 Å². The molecule has 0 aliphatic heterocycles. The molecule has 7 heteroatoms. The second kappa shape index (κ2) is 10.3. The average molecular weight is 394 g/mol.